The molecular weight excluding hydrogens is 304 g/mol. The maximum atomic E-state index is 11.8. The van der Waals surface area contributed by atoms with Crippen molar-refractivity contribution in [2.75, 3.05) is 11.9 Å². The fraction of sp³-hybridized carbons (Fsp3) is 0.133. The maximum Gasteiger partial charge on any atom is 0.338 e. The van der Waals surface area contributed by atoms with Gasteiger partial charge in [-0.15, -0.1) is 0 Å². The summed E-state index contributed by atoms with van der Waals surface area (Å²) in [5.74, 6) is -0.717. The Morgan fingerprint density at radius 2 is 2.09 bits per heavy atom. The largest absolute Gasteiger partial charge is 0.462 e. The Labute approximate surface area is 132 Å². The van der Waals surface area contributed by atoms with Crippen LogP contribution in [-0.2, 0) is 4.74 Å². The van der Waals surface area contributed by atoms with Crippen LogP contribution in [0, 0.1) is 0 Å². The molecule has 0 saturated heterocycles. The van der Waals surface area contributed by atoms with E-state index in [0.29, 0.717) is 17.9 Å². The molecule has 0 spiro atoms. The maximum absolute atomic E-state index is 11.8. The third-order valence-electron chi connectivity index (χ3n) is 2.60. The van der Waals surface area contributed by atoms with E-state index in [1.807, 2.05) is 0 Å². The van der Waals surface area contributed by atoms with Crippen molar-refractivity contribution in [3.8, 4) is 0 Å². The molecule has 7 heteroatoms. The normalized spacial score (nSPS) is 9.86. The number of anilines is 1. The van der Waals surface area contributed by atoms with Gasteiger partial charge in [-0.1, -0.05) is 6.07 Å². The highest BCUT2D eigenvalue weighted by atomic mass is 32.1. The van der Waals surface area contributed by atoms with E-state index < -0.39 is 11.9 Å². The van der Waals surface area contributed by atoms with Gasteiger partial charge in [0.2, 0.25) is 0 Å². The summed E-state index contributed by atoms with van der Waals surface area (Å²) in [7, 11) is 0. The Hall–Kier alpha value is -2.67. The molecule has 0 bridgehead atoms. The summed E-state index contributed by atoms with van der Waals surface area (Å²) in [5.41, 5.74) is 0.960. The number of furan rings is 1. The summed E-state index contributed by atoms with van der Waals surface area (Å²) in [4.78, 5) is 23.4. The van der Waals surface area contributed by atoms with Crippen LogP contribution in [0.3, 0.4) is 0 Å². The van der Waals surface area contributed by atoms with Gasteiger partial charge in [0.25, 0.3) is 5.91 Å². The average molecular weight is 318 g/mol. The summed E-state index contributed by atoms with van der Waals surface area (Å²) in [6.45, 7) is 2.04. The molecule has 2 rings (SSSR count). The highest BCUT2D eigenvalue weighted by Crippen LogP contribution is 2.12. The highest BCUT2D eigenvalue weighted by molar-refractivity contribution is 7.80. The van der Waals surface area contributed by atoms with Crippen molar-refractivity contribution in [2.45, 2.75) is 6.92 Å². The minimum absolute atomic E-state index is 0.0995. The molecule has 0 radical (unpaired) electrons. The SMILES string of the molecule is CCOC(=O)c1cccc(NC(=S)NC(=O)c2ccco2)c1. The number of benzene rings is 1. The molecule has 0 aliphatic rings. The molecular formula is C15H14N2O4S. The van der Waals surface area contributed by atoms with E-state index in [9.17, 15) is 9.59 Å². The molecule has 0 aliphatic carbocycles. The molecule has 0 fully saturated rings. The van der Waals surface area contributed by atoms with Crippen LogP contribution in [0.5, 0.6) is 0 Å². The minimum atomic E-state index is -0.455. The first-order valence-corrected chi connectivity index (χ1v) is 6.94. The van der Waals surface area contributed by atoms with Crippen LogP contribution in [0.25, 0.3) is 0 Å². The van der Waals surface area contributed by atoms with Gasteiger partial charge in [-0.2, -0.15) is 0 Å². The van der Waals surface area contributed by atoms with Gasteiger partial charge in [-0.3, -0.25) is 10.1 Å². The molecule has 0 atom stereocenters. The Bertz CT molecular complexity index is 683. The molecule has 0 unspecified atom stereocenters. The van der Waals surface area contributed by atoms with Crippen LogP contribution in [-0.4, -0.2) is 23.6 Å². The second kappa shape index (κ2) is 7.37. The van der Waals surface area contributed by atoms with Gasteiger partial charge >= 0.3 is 5.97 Å². The second-order valence-electron chi connectivity index (χ2n) is 4.19. The fourth-order valence-corrected chi connectivity index (χ4v) is 1.88. The van der Waals surface area contributed by atoms with Gasteiger partial charge in [0.15, 0.2) is 10.9 Å². The zero-order valence-electron chi connectivity index (χ0n) is 11.8. The topological polar surface area (TPSA) is 80.6 Å². The molecule has 114 valence electrons. The molecule has 2 N–H and O–H groups in total. The lowest BCUT2D eigenvalue weighted by atomic mass is 10.2. The number of hydrogen-bond donors (Lipinski definition) is 2. The van der Waals surface area contributed by atoms with Crippen molar-refractivity contribution in [2.24, 2.45) is 0 Å². The van der Waals surface area contributed by atoms with Crippen molar-refractivity contribution in [3.63, 3.8) is 0 Å². The number of thiocarbonyl (C=S) groups is 1. The van der Waals surface area contributed by atoms with E-state index >= 15 is 0 Å². The summed E-state index contributed by atoms with van der Waals surface area (Å²) >= 11 is 5.05. The lowest BCUT2D eigenvalue weighted by Gasteiger charge is -2.09. The fourth-order valence-electron chi connectivity index (χ4n) is 1.67. The number of carbonyl (C=O) groups excluding carboxylic acids is 2. The number of hydrogen-bond acceptors (Lipinski definition) is 5. The smallest absolute Gasteiger partial charge is 0.338 e. The third-order valence-corrected chi connectivity index (χ3v) is 2.81. The van der Waals surface area contributed by atoms with Gasteiger partial charge in [-0.25, -0.2) is 4.79 Å². The van der Waals surface area contributed by atoms with Crippen molar-refractivity contribution in [3.05, 3.63) is 54.0 Å². The van der Waals surface area contributed by atoms with Crippen LogP contribution in [0.4, 0.5) is 5.69 Å². The number of esters is 1. The van der Waals surface area contributed by atoms with Gasteiger partial charge in [0.05, 0.1) is 18.4 Å². The predicted octanol–water partition coefficient (Wildman–Crippen LogP) is 2.58. The van der Waals surface area contributed by atoms with Crippen LogP contribution in [0.1, 0.15) is 27.8 Å². The van der Waals surface area contributed by atoms with E-state index in [0.717, 1.165) is 0 Å². The van der Waals surface area contributed by atoms with Crippen molar-refractivity contribution in [1.29, 1.82) is 0 Å². The van der Waals surface area contributed by atoms with E-state index in [4.69, 9.17) is 21.4 Å². The first-order valence-electron chi connectivity index (χ1n) is 6.53. The van der Waals surface area contributed by atoms with Crippen LogP contribution < -0.4 is 10.6 Å². The number of ether oxygens (including phenoxy) is 1. The first-order chi connectivity index (χ1) is 10.6. The summed E-state index contributed by atoms with van der Waals surface area (Å²) in [6, 6.07) is 9.75. The first kappa shape index (κ1) is 15.7. The third kappa shape index (κ3) is 4.16. The molecule has 1 heterocycles. The lowest BCUT2D eigenvalue weighted by Crippen LogP contribution is -2.33. The standard InChI is InChI=1S/C15H14N2O4S/c1-2-20-14(19)10-5-3-6-11(9-10)16-15(22)17-13(18)12-7-4-8-21-12/h3-9H,2H2,1H3,(H2,16,17,18,22). The summed E-state index contributed by atoms with van der Waals surface area (Å²) in [5, 5.41) is 5.40. The number of rotatable bonds is 4. The zero-order chi connectivity index (χ0) is 15.9. The molecule has 1 aromatic carbocycles. The van der Waals surface area contributed by atoms with Crippen LogP contribution >= 0.6 is 12.2 Å². The number of amides is 1. The van der Waals surface area contributed by atoms with E-state index in [1.54, 1.807) is 37.3 Å². The summed E-state index contributed by atoms with van der Waals surface area (Å²) < 4.78 is 9.88. The Balaban J connectivity index is 1.98. The van der Waals surface area contributed by atoms with E-state index in [2.05, 4.69) is 10.6 Å². The van der Waals surface area contributed by atoms with Crippen LogP contribution in [0.15, 0.2) is 47.1 Å². The molecule has 6 nitrogen and oxygen atoms in total. The summed E-state index contributed by atoms with van der Waals surface area (Å²) in [6.07, 6.45) is 1.40. The number of nitrogens with one attached hydrogen (secondary N) is 2. The van der Waals surface area contributed by atoms with Crippen molar-refractivity contribution < 1.29 is 18.7 Å². The monoisotopic (exact) mass is 318 g/mol. The highest BCUT2D eigenvalue weighted by Gasteiger charge is 2.11. The Morgan fingerprint density at radius 3 is 2.77 bits per heavy atom. The lowest BCUT2D eigenvalue weighted by molar-refractivity contribution is 0.0526. The van der Waals surface area contributed by atoms with E-state index in [1.165, 1.54) is 12.3 Å². The second-order valence-corrected chi connectivity index (χ2v) is 4.60. The van der Waals surface area contributed by atoms with Gasteiger partial charge in [-0.05, 0) is 49.5 Å². The molecule has 2 aromatic rings. The van der Waals surface area contributed by atoms with Gasteiger partial charge in [0, 0.05) is 5.69 Å². The molecule has 22 heavy (non-hydrogen) atoms. The Kier molecular flexibility index (Phi) is 5.26. The Morgan fingerprint density at radius 1 is 1.27 bits per heavy atom. The van der Waals surface area contributed by atoms with Crippen molar-refractivity contribution in [1.82, 2.24) is 5.32 Å². The van der Waals surface area contributed by atoms with Gasteiger partial charge in [0.1, 0.15) is 0 Å². The van der Waals surface area contributed by atoms with E-state index in [-0.39, 0.29) is 10.9 Å². The molecule has 1 amide bonds. The van der Waals surface area contributed by atoms with Crippen molar-refractivity contribution >= 4 is 34.9 Å². The number of carbonyl (C=O) groups is 2. The predicted molar refractivity (Wildman–Crippen MR) is 84.8 cm³/mol. The molecule has 0 saturated carbocycles. The van der Waals surface area contributed by atoms with Crippen LogP contribution in [0.2, 0.25) is 0 Å². The zero-order valence-corrected chi connectivity index (χ0v) is 12.6. The molecule has 0 aliphatic heterocycles. The van der Waals surface area contributed by atoms with Gasteiger partial charge < -0.3 is 14.5 Å². The average Bonchev–Trinajstić information content (AvgIpc) is 3.02. The molecule has 1 aromatic heterocycles. The quantitative estimate of drug-likeness (QED) is 0.666. The minimum Gasteiger partial charge on any atom is -0.462 e.